The summed E-state index contributed by atoms with van der Waals surface area (Å²) in [6.45, 7) is -0.293. The van der Waals surface area contributed by atoms with Crippen LogP contribution in [0.3, 0.4) is 0 Å². The molecule has 0 aliphatic carbocycles. The second kappa shape index (κ2) is 4.33. The van der Waals surface area contributed by atoms with Crippen LogP contribution in [0, 0.1) is 17.1 Å². The summed E-state index contributed by atoms with van der Waals surface area (Å²) in [6.07, 6.45) is 1.94. The molecule has 0 atom stereocenters. The van der Waals surface area contributed by atoms with Gasteiger partial charge in [0.1, 0.15) is 17.3 Å². The Balaban J connectivity index is 3.13. The fourth-order valence-corrected chi connectivity index (χ4v) is 1.94. The van der Waals surface area contributed by atoms with Crippen molar-refractivity contribution < 1.29 is 12.8 Å². The Morgan fingerprint density at radius 2 is 2.27 bits per heavy atom. The molecular formula is C8H8FN3O2S. The molecule has 7 heteroatoms. The summed E-state index contributed by atoms with van der Waals surface area (Å²) >= 11 is 0. The van der Waals surface area contributed by atoms with E-state index in [4.69, 9.17) is 5.26 Å². The number of rotatable bonds is 3. The van der Waals surface area contributed by atoms with Crippen LogP contribution in [0.25, 0.3) is 0 Å². The van der Waals surface area contributed by atoms with E-state index in [2.05, 4.69) is 4.98 Å². The fourth-order valence-electron chi connectivity index (χ4n) is 0.898. The molecule has 0 bridgehead atoms. The molecule has 80 valence electrons. The van der Waals surface area contributed by atoms with Gasteiger partial charge in [-0.2, -0.15) is 9.57 Å². The molecule has 1 aromatic rings. The lowest BCUT2D eigenvalue weighted by molar-refractivity contribution is 0.499. The van der Waals surface area contributed by atoms with Crippen LogP contribution in [0.15, 0.2) is 23.4 Å². The standard InChI is InChI=1S/C8H8FN3O2S/c1-12(3-2-10)15(13,14)8-4-7(9)5-11-6-8/h4-6H,3H2,1H3. The molecule has 5 nitrogen and oxygen atoms in total. The third-order valence-corrected chi connectivity index (χ3v) is 3.45. The first kappa shape index (κ1) is 11.6. The Bertz CT molecular complexity index is 495. The van der Waals surface area contributed by atoms with Crippen molar-refractivity contribution >= 4 is 10.0 Å². The lowest BCUT2D eigenvalue weighted by Gasteiger charge is -2.12. The minimum atomic E-state index is -3.82. The maximum Gasteiger partial charge on any atom is 0.245 e. The van der Waals surface area contributed by atoms with Gasteiger partial charge >= 0.3 is 0 Å². The number of hydrogen-bond donors (Lipinski definition) is 0. The van der Waals surface area contributed by atoms with Gasteiger partial charge in [-0.1, -0.05) is 0 Å². The van der Waals surface area contributed by atoms with Crippen molar-refractivity contribution in [3.63, 3.8) is 0 Å². The number of sulfonamides is 1. The largest absolute Gasteiger partial charge is 0.260 e. The maximum atomic E-state index is 12.7. The van der Waals surface area contributed by atoms with Crippen molar-refractivity contribution in [2.45, 2.75) is 4.90 Å². The predicted molar refractivity (Wildman–Crippen MR) is 49.6 cm³/mol. The van der Waals surface area contributed by atoms with Crippen molar-refractivity contribution in [2.75, 3.05) is 13.6 Å². The zero-order valence-electron chi connectivity index (χ0n) is 7.88. The molecular weight excluding hydrogens is 221 g/mol. The van der Waals surface area contributed by atoms with Crippen molar-refractivity contribution in [1.82, 2.24) is 9.29 Å². The van der Waals surface area contributed by atoms with Gasteiger partial charge in [-0.25, -0.2) is 12.8 Å². The molecule has 0 saturated carbocycles. The summed E-state index contributed by atoms with van der Waals surface area (Å²) in [5.41, 5.74) is 0. The SMILES string of the molecule is CN(CC#N)S(=O)(=O)c1cncc(F)c1. The third kappa shape index (κ3) is 2.49. The monoisotopic (exact) mass is 229 g/mol. The van der Waals surface area contributed by atoms with Gasteiger partial charge in [-0.05, 0) is 6.07 Å². The molecule has 0 aromatic carbocycles. The van der Waals surface area contributed by atoms with E-state index in [9.17, 15) is 12.8 Å². The van der Waals surface area contributed by atoms with Gasteiger partial charge in [0.25, 0.3) is 0 Å². The lowest BCUT2D eigenvalue weighted by Crippen LogP contribution is -2.27. The Hall–Kier alpha value is -1.52. The van der Waals surface area contributed by atoms with Gasteiger partial charge in [0.15, 0.2) is 0 Å². The highest BCUT2D eigenvalue weighted by Gasteiger charge is 2.21. The molecule has 0 spiro atoms. The molecule has 0 N–H and O–H groups in total. The smallest absolute Gasteiger partial charge is 0.245 e. The number of nitriles is 1. The minimum Gasteiger partial charge on any atom is -0.260 e. The van der Waals surface area contributed by atoms with Crippen LogP contribution in [-0.4, -0.2) is 31.3 Å². The molecule has 1 rings (SSSR count). The highest BCUT2D eigenvalue weighted by Crippen LogP contribution is 2.13. The molecule has 0 fully saturated rings. The minimum absolute atomic E-state index is 0.264. The summed E-state index contributed by atoms with van der Waals surface area (Å²) in [5.74, 6) is -0.735. The zero-order valence-corrected chi connectivity index (χ0v) is 8.70. The highest BCUT2D eigenvalue weighted by molar-refractivity contribution is 7.89. The summed E-state index contributed by atoms with van der Waals surface area (Å²) in [4.78, 5) is 3.17. The van der Waals surface area contributed by atoms with Gasteiger partial charge in [-0.3, -0.25) is 4.98 Å². The zero-order chi connectivity index (χ0) is 11.5. The van der Waals surface area contributed by atoms with Crippen LogP contribution in [0.1, 0.15) is 0 Å². The topological polar surface area (TPSA) is 74.1 Å². The van der Waals surface area contributed by atoms with E-state index in [1.165, 1.54) is 7.05 Å². The Morgan fingerprint density at radius 1 is 1.60 bits per heavy atom. The quantitative estimate of drug-likeness (QED) is 0.701. The van der Waals surface area contributed by atoms with Crippen LogP contribution in [0.4, 0.5) is 4.39 Å². The summed E-state index contributed by atoms with van der Waals surface area (Å²) in [7, 11) is -2.58. The van der Waals surface area contributed by atoms with Crippen molar-refractivity contribution in [3.05, 3.63) is 24.3 Å². The Labute approximate surface area is 86.8 Å². The van der Waals surface area contributed by atoms with Crippen LogP contribution >= 0.6 is 0 Å². The normalized spacial score (nSPS) is 11.3. The van der Waals surface area contributed by atoms with E-state index in [1.54, 1.807) is 6.07 Å². The summed E-state index contributed by atoms with van der Waals surface area (Å²) in [5, 5.41) is 8.36. The summed E-state index contributed by atoms with van der Waals surface area (Å²) in [6, 6.07) is 2.55. The van der Waals surface area contributed by atoms with Crippen LogP contribution in [0.5, 0.6) is 0 Å². The van der Waals surface area contributed by atoms with E-state index in [-0.39, 0.29) is 11.4 Å². The lowest BCUT2D eigenvalue weighted by atomic mass is 10.5. The number of hydrogen-bond acceptors (Lipinski definition) is 4. The first-order valence-electron chi connectivity index (χ1n) is 3.92. The van der Waals surface area contributed by atoms with E-state index >= 15 is 0 Å². The maximum absolute atomic E-state index is 12.7. The van der Waals surface area contributed by atoms with Gasteiger partial charge in [0.2, 0.25) is 10.0 Å². The first-order valence-corrected chi connectivity index (χ1v) is 5.36. The number of aromatic nitrogens is 1. The third-order valence-electron chi connectivity index (χ3n) is 1.68. The van der Waals surface area contributed by atoms with Gasteiger partial charge in [0.05, 0.1) is 12.3 Å². The molecule has 0 amide bonds. The van der Waals surface area contributed by atoms with Crippen molar-refractivity contribution in [1.29, 1.82) is 5.26 Å². The molecule has 0 radical (unpaired) electrons. The van der Waals surface area contributed by atoms with Crippen LogP contribution in [-0.2, 0) is 10.0 Å². The van der Waals surface area contributed by atoms with Crippen LogP contribution in [0.2, 0.25) is 0 Å². The number of pyridine rings is 1. The van der Waals surface area contributed by atoms with E-state index < -0.39 is 15.8 Å². The Kier molecular flexibility index (Phi) is 3.34. The molecule has 0 aliphatic rings. The van der Waals surface area contributed by atoms with E-state index in [1.807, 2.05) is 0 Å². The first-order chi connectivity index (χ1) is 6.98. The summed E-state index contributed by atoms with van der Waals surface area (Å²) < 4.78 is 36.8. The van der Waals surface area contributed by atoms with E-state index in [0.717, 1.165) is 22.8 Å². The molecule has 1 heterocycles. The molecule has 15 heavy (non-hydrogen) atoms. The number of halogens is 1. The second-order valence-electron chi connectivity index (χ2n) is 2.76. The van der Waals surface area contributed by atoms with Crippen molar-refractivity contribution in [2.24, 2.45) is 0 Å². The van der Waals surface area contributed by atoms with Crippen LogP contribution < -0.4 is 0 Å². The average molecular weight is 229 g/mol. The van der Waals surface area contributed by atoms with E-state index in [0.29, 0.717) is 0 Å². The fraction of sp³-hybridized carbons (Fsp3) is 0.250. The van der Waals surface area contributed by atoms with Gasteiger partial charge < -0.3 is 0 Å². The molecule has 0 saturated heterocycles. The predicted octanol–water partition coefficient (Wildman–Crippen LogP) is 0.365. The van der Waals surface area contributed by atoms with Crippen molar-refractivity contribution in [3.8, 4) is 6.07 Å². The number of nitrogens with zero attached hydrogens (tertiary/aromatic N) is 3. The van der Waals surface area contributed by atoms with Gasteiger partial charge in [-0.15, -0.1) is 0 Å². The molecule has 1 aromatic heterocycles. The Morgan fingerprint density at radius 3 is 2.80 bits per heavy atom. The van der Waals surface area contributed by atoms with Gasteiger partial charge in [0, 0.05) is 13.2 Å². The molecule has 0 unspecified atom stereocenters. The molecule has 0 aliphatic heterocycles. The second-order valence-corrected chi connectivity index (χ2v) is 4.80. The average Bonchev–Trinajstić information content (AvgIpc) is 2.18. The highest BCUT2D eigenvalue weighted by atomic mass is 32.2.